The summed E-state index contributed by atoms with van der Waals surface area (Å²) in [6.07, 6.45) is 1.74. The molecule has 0 aliphatic carbocycles. The molecule has 0 saturated heterocycles. The molecule has 0 amide bonds. The van der Waals surface area contributed by atoms with Crippen molar-refractivity contribution in [3.05, 3.63) is 58.6 Å². The van der Waals surface area contributed by atoms with Gasteiger partial charge in [-0.1, -0.05) is 11.6 Å². The van der Waals surface area contributed by atoms with Crippen LogP contribution in [0.4, 0.5) is 4.39 Å². The summed E-state index contributed by atoms with van der Waals surface area (Å²) in [4.78, 5) is 4.28. The highest BCUT2D eigenvalue weighted by molar-refractivity contribution is 6.34. The van der Waals surface area contributed by atoms with Gasteiger partial charge in [-0.05, 0) is 66.3 Å². The molecule has 0 unspecified atom stereocenters. The first-order valence-electron chi connectivity index (χ1n) is 6.90. The summed E-state index contributed by atoms with van der Waals surface area (Å²) >= 11 is 6.22. The second-order valence-electron chi connectivity index (χ2n) is 5.29. The highest BCUT2D eigenvalue weighted by Crippen LogP contribution is 2.36. The molecule has 0 aliphatic rings. The summed E-state index contributed by atoms with van der Waals surface area (Å²) in [5, 5.41) is 2.22. The van der Waals surface area contributed by atoms with Crippen molar-refractivity contribution in [3.8, 4) is 16.9 Å². The van der Waals surface area contributed by atoms with Crippen molar-refractivity contribution in [2.75, 3.05) is 7.11 Å². The van der Waals surface area contributed by atoms with Gasteiger partial charge in [0.2, 0.25) is 0 Å². The number of rotatable bonds is 2. The maximum atomic E-state index is 13.5. The van der Waals surface area contributed by atoms with Gasteiger partial charge in [0.1, 0.15) is 16.7 Å². The van der Waals surface area contributed by atoms with E-state index in [0.29, 0.717) is 5.15 Å². The summed E-state index contributed by atoms with van der Waals surface area (Å²) in [5.41, 5.74) is 3.68. The molecule has 0 aliphatic heterocycles. The summed E-state index contributed by atoms with van der Waals surface area (Å²) in [6, 6.07) is 8.77. The van der Waals surface area contributed by atoms with E-state index < -0.39 is 0 Å². The minimum absolute atomic E-state index is 0.230. The zero-order valence-corrected chi connectivity index (χ0v) is 13.3. The van der Waals surface area contributed by atoms with Crippen LogP contribution in [0.1, 0.15) is 11.1 Å². The third-order valence-corrected chi connectivity index (χ3v) is 4.11. The number of methoxy groups -OCH3 is 1. The molecule has 0 radical (unpaired) electrons. The van der Waals surface area contributed by atoms with Crippen LogP contribution in [-0.4, -0.2) is 12.1 Å². The molecule has 2 aromatic carbocycles. The standard InChI is InChI=1S/C18H15ClFNO/c1-10-6-12(20)7-11(2)17(10)16-9-21-18(19)15-8-13(22-3)4-5-14(15)16/h4-9H,1-3H3. The van der Waals surface area contributed by atoms with E-state index in [2.05, 4.69) is 4.98 Å². The van der Waals surface area contributed by atoms with Gasteiger partial charge in [0.15, 0.2) is 0 Å². The molecule has 0 atom stereocenters. The smallest absolute Gasteiger partial charge is 0.137 e. The van der Waals surface area contributed by atoms with Crippen LogP contribution in [0.2, 0.25) is 5.15 Å². The number of pyridine rings is 1. The van der Waals surface area contributed by atoms with E-state index in [1.165, 1.54) is 12.1 Å². The Hall–Kier alpha value is -2.13. The van der Waals surface area contributed by atoms with E-state index in [0.717, 1.165) is 38.8 Å². The lowest BCUT2D eigenvalue weighted by atomic mass is 9.93. The Bertz CT molecular complexity index is 853. The SMILES string of the molecule is COc1ccc2c(-c3c(C)cc(F)cc3C)cnc(Cl)c2c1. The number of hydrogen-bond donors (Lipinski definition) is 0. The molecule has 4 heteroatoms. The monoisotopic (exact) mass is 315 g/mol. The van der Waals surface area contributed by atoms with Crippen LogP contribution in [0.25, 0.3) is 21.9 Å². The first kappa shape index (κ1) is 14.8. The highest BCUT2D eigenvalue weighted by atomic mass is 35.5. The minimum atomic E-state index is -0.230. The van der Waals surface area contributed by atoms with Crippen molar-refractivity contribution in [1.82, 2.24) is 4.98 Å². The molecule has 3 aromatic rings. The zero-order valence-electron chi connectivity index (χ0n) is 12.6. The minimum Gasteiger partial charge on any atom is -0.497 e. The Kier molecular flexibility index (Phi) is 3.75. The van der Waals surface area contributed by atoms with E-state index in [9.17, 15) is 4.39 Å². The lowest BCUT2D eigenvalue weighted by Crippen LogP contribution is -1.94. The second-order valence-corrected chi connectivity index (χ2v) is 5.65. The predicted molar refractivity (Wildman–Crippen MR) is 88.2 cm³/mol. The van der Waals surface area contributed by atoms with Crippen molar-refractivity contribution in [3.63, 3.8) is 0 Å². The van der Waals surface area contributed by atoms with Gasteiger partial charge < -0.3 is 4.74 Å². The van der Waals surface area contributed by atoms with Crippen LogP contribution >= 0.6 is 11.6 Å². The van der Waals surface area contributed by atoms with Crippen LogP contribution in [0.5, 0.6) is 5.75 Å². The number of ether oxygens (including phenoxy) is 1. The fourth-order valence-electron chi connectivity index (χ4n) is 2.85. The number of nitrogens with zero attached hydrogens (tertiary/aromatic N) is 1. The van der Waals surface area contributed by atoms with E-state index in [1.807, 2.05) is 32.0 Å². The zero-order chi connectivity index (χ0) is 15.9. The molecule has 1 aromatic heterocycles. The average Bonchev–Trinajstić information content (AvgIpc) is 2.48. The molecule has 112 valence electrons. The number of aromatic nitrogens is 1. The summed E-state index contributed by atoms with van der Waals surface area (Å²) in [5.74, 6) is 0.493. The fourth-order valence-corrected chi connectivity index (χ4v) is 3.06. The van der Waals surface area contributed by atoms with Gasteiger partial charge in [0.05, 0.1) is 7.11 Å². The number of halogens is 2. The first-order valence-corrected chi connectivity index (χ1v) is 7.28. The number of aryl methyl sites for hydroxylation is 2. The quantitative estimate of drug-likeness (QED) is 0.597. The maximum Gasteiger partial charge on any atom is 0.137 e. The molecule has 0 bridgehead atoms. The van der Waals surface area contributed by atoms with Gasteiger partial charge in [0, 0.05) is 17.1 Å². The predicted octanol–water partition coefficient (Wildman–Crippen LogP) is 5.32. The van der Waals surface area contributed by atoms with Crippen LogP contribution in [0, 0.1) is 19.7 Å². The van der Waals surface area contributed by atoms with Crippen molar-refractivity contribution in [1.29, 1.82) is 0 Å². The average molecular weight is 316 g/mol. The van der Waals surface area contributed by atoms with Gasteiger partial charge in [-0.2, -0.15) is 0 Å². The third-order valence-electron chi connectivity index (χ3n) is 3.81. The Balaban J connectivity index is 2.35. The lowest BCUT2D eigenvalue weighted by molar-refractivity contribution is 0.415. The Labute approximate surface area is 133 Å². The van der Waals surface area contributed by atoms with Crippen molar-refractivity contribution >= 4 is 22.4 Å². The second kappa shape index (κ2) is 5.58. The van der Waals surface area contributed by atoms with E-state index in [4.69, 9.17) is 16.3 Å². The maximum absolute atomic E-state index is 13.5. The van der Waals surface area contributed by atoms with Gasteiger partial charge in [-0.3, -0.25) is 0 Å². The van der Waals surface area contributed by atoms with Crippen LogP contribution < -0.4 is 4.74 Å². The molecule has 0 fully saturated rings. The largest absolute Gasteiger partial charge is 0.497 e. The van der Waals surface area contributed by atoms with E-state index in [1.54, 1.807) is 13.3 Å². The molecule has 0 N–H and O–H groups in total. The number of fused-ring (bicyclic) bond motifs is 1. The highest BCUT2D eigenvalue weighted by Gasteiger charge is 2.14. The Morgan fingerprint density at radius 3 is 2.36 bits per heavy atom. The van der Waals surface area contributed by atoms with Gasteiger partial charge >= 0.3 is 0 Å². The molecule has 22 heavy (non-hydrogen) atoms. The van der Waals surface area contributed by atoms with Gasteiger partial charge in [0.25, 0.3) is 0 Å². The molecular formula is C18H15ClFNO. The van der Waals surface area contributed by atoms with Crippen molar-refractivity contribution in [2.45, 2.75) is 13.8 Å². The normalized spacial score (nSPS) is 11.0. The molecule has 2 nitrogen and oxygen atoms in total. The number of hydrogen-bond acceptors (Lipinski definition) is 2. The summed E-state index contributed by atoms with van der Waals surface area (Å²) in [7, 11) is 1.61. The van der Waals surface area contributed by atoms with Crippen molar-refractivity contribution < 1.29 is 9.13 Å². The van der Waals surface area contributed by atoms with Crippen LogP contribution in [0.3, 0.4) is 0 Å². The Morgan fingerprint density at radius 1 is 1.05 bits per heavy atom. The van der Waals surface area contributed by atoms with Gasteiger partial charge in [-0.15, -0.1) is 0 Å². The van der Waals surface area contributed by atoms with E-state index in [-0.39, 0.29) is 5.82 Å². The van der Waals surface area contributed by atoms with Crippen molar-refractivity contribution in [2.24, 2.45) is 0 Å². The lowest BCUT2D eigenvalue weighted by Gasteiger charge is -2.14. The summed E-state index contributed by atoms with van der Waals surface area (Å²) in [6.45, 7) is 3.80. The molecule has 3 rings (SSSR count). The molecule has 1 heterocycles. The molecule has 0 saturated carbocycles. The molecule has 0 spiro atoms. The van der Waals surface area contributed by atoms with Crippen LogP contribution in [0.15, 0.2) is 36.5 Å². The Morgan fingerprint density at radius 2 is 1.73 bits per heavy atom. The first-order chi connectivity index (χ1) is 10.5. The number of benzene rings is 2. The van der Waals surface area contributed by atoms with Gasteiger partial charge in [-0.25, -0.2) is 9.37 Å². The summed E-state index contributed by atoms with van der Waals surface area (Å²) < 4.78 is 18.8. The molecular weight excluding hydrogens is 301 g/mol. The van der Waals surface area contributed by atoms with Crippen LogP contribution in [-0.2, 0) is 0 Å². The third kappa shape index (κ3) is 2.42. The van der Waals surface area contributed by atoms with E-state index >= 15 is 0 Å². The fraction of sp³-hybridized carbons (Fsp3) is 0.167. The topological polar surface area (TPSA) is 22.1 Å².